The summed E-state index contributed by atoms with van der Waals surface area (Å²) in [5.41, 5.74) is -0.304. The van der Waals surface area contributed by atoms with E-state index in [2.05, 4.69) is 10.3 Å². The van der Waals surface area contributed by atoms with Gasteiger partial charge in [-0.25, -0.2) is 14.2 Å². The van der Waals surface area contributed by atoms with E-state index in [0.717, 1.165) is 29.5 Å². The number of aromatic hydroxyl groups is 1. The molecule has 0 saturated carbocycles. The fourth-order valence-corrected chi connectivity index (χ4v) is 2.41. The Morgan fingerprint density at radius 1 is 1.43 bits per heavy atom. The molecule has 1 amide bonds. The highest BCUT2D eigenvalue weighted by Gasteiger charge is 2.18. The summed E-state index contributed by atoms with van der Waals surface area (Å²) in [6, 6.07) is 2.47. The van der Waals surface area contributed by atoms with Crippen molar-refractivity contribution in [1.82, 2.24) is 10.3 Å². The Balaban J connectivity index is 2.14. The fraction of sp³-hybridized carbons (Fsp3) is 0.154. The molecule has 1 aromatic heterocycles. The lowest BCUT2D eigenvalue weighted by Gasteiger charge is -2.12. The minimum atomic E-state index is -1.15. The summed E-state index contributed by atoms with van der Waals surface area (Å²) in [5.74, 6) is -2.81. The molecule has 110 valence electrons. The lowest BCUT2D eigenvalue weighted by molar-refractivity contribution is 0.0691. The van der Waals surface area contributed by atoms with Gasteiger partial charge in [-0.15, -0.1) is 11.3 Å². The molecule has 6 nitrogen and oxygen atoms in total. The zero-order chi connectivity index (χ0) is 15.6. The quantitative estimate of drug-likeness (QED) is 0.803. The summed E-state index contributed by atoms with van der Waals surface area (Å²) in [6.45, 7) is 1.61. The smallest absolute Gasteiger partial charge is 0.355 e. The van der Waals surface area contributed by atoms with E-state index in [1.807, 2.05) is 0 Å². The number of carbonyl (C=O) groups is 2. The van der Waals surface area contributed by atoms with Crippen LogP contribution in [-0.2, 0) is 0 Å². The molecule has 1 unspecified atom stereocenters. The van der Waals surface area contributed by atoms with Crippen LogP contribution < -0.4 is 5.32 Å². The number of carboxylic acids is 1. The third-order valence-corrected chi connectivity index (χ3v) is 3.69. The highest BCUT2D eigenvalue weighted by atomic mass is 32.1. The number of aromatic nitrogens is 1. The van der Waals surface area contributed by atoms with Crippen LogP contribution in [0.3, 0.4) is 0 Å². The van der Waals surface area contributed by atoms with Crippen LogP contribution in [0.4, 0.5) is 4.39 Å². The normalized spacial score (nSPS) is 11.9. The van der Waals surface area contributed by atoms with Crippen molar-refractivity contribution in [2.45, 2.75) is 13.0 Å². The van der Waals surface area contributed by atoms with Crippen molar-refractivity contribution in [2.24, 2.45) is 0 Å². The van der Waals surface area contributed by atoms with Gasteiger partial charge in [0.25, 0.3) is 5.91 Å². The summed E-state index contributed by atoms with van der Waals surface area (Å²) in [7, 11) is 0. The van der Waals surface area contributed by atoms with Crippen LogP contribution in [-0.4, -0.2) is 27.1 Å². The maximum atomic E-state index is 13.1. The number of amides is 1. The topological polar surface area (TPSA) is 99.5 Å². The van der Waals surface area contributed by atoms with E-state index in [9.17, 15) is 19.1 Å². The average molecular weight is 310 g/mol. The maximum Gasteiger partial charge on any atom is 0.355 e. The van der Waals surface area contributed by atoms with E-state index in [4.69, 9.17) is 5.11 Å². The molecule has 0 saturated heterocycles. The van der Waals surface area contributed by atoms with Crippen molar-refractivity contribution in [1.29, 1.82) is 0 Å². The molecule has 1 heterocycles. The van der Waals surface area contributed by atoms with Gasteiger partial charge in [0, 0.05) is 5.38 Å². The highest BCUT2D eigenvalue weighted by Crippen LogP contribution is 2.21. The molecule has 2 aromatic rings. The summed E-state index contributed by atoms with van der Waals surface area (Å²) >= 11 is 1.09. The molecule has 3 N–H and O–H groups in total. The first-order valence-corrected chi connectivity index (χ1v) is 6.74. The molecule has 21 heavy (non-hydrogen) atoms. The molecule has 8 heteroatoms. The molecule has 2 rings (SSSR count). The molecule has 0 spiro atoms. The standard InChI is InChI=1S/C13H11FN2O4S/c1-6(12-16-9(5-21-12)13(19)20)15-11(18)8-4-7(14)2-3-10(8)17/h2-6,17H,1H3,(H,15,18)(H,19,20). The average Bonchev–Trinajstić information content (AvgIpc) is 2.91. The first kappa shape index (κ1) is 14.9. The Morgan fingerprint density at radius 2 is 2.14 bits per heavy atom. The lowest BCUT2D eigenvalue weighted by atomic mass is 10.1. The van der Waals surface area contributed by atoms with Crippen LogP contribution in [0, 0.1) is 5.82 Å². The minimum Gasteiger partial charge on any atom is -0.507 e. The molecule has 0 fully saturated rings. The third-order valence-electron chi connectivity index (χ3n) is 2.66. The third kappa shape index (κ3) is 3.34. The minimum absolute atomic E-state index is 0.107. The van der Waals surface area contributed by atoms with E-state index in [1.165, 1.54) is 5.38 Å². The number of carboxylic acid groups (broad SMARTS) is 1. The molecule has 1 atom stereocenters. The molecule has 0 aliphatic carbocycles. The SMILES string of the molecule is CC(NC(=O)c1cc(F)ccc1O)c1nc(C(=O)O)cs1. The second-order valence-corrected chi connectivity index (χ2v) is 5.12. The predicted molar refractivity (Wildman–Crippen MR) is 73.0 cm³/mol. The Hall–Kier alpha value is -2.48. The summed E-state index contributed by atoms with van der Waals surface area (Å²) in [4.78, 5) is 26.6. The van der Waals surface area contributed by atoms with Crippen LogP contribution in [0.25, 0.3) is 0 Å². The Bertz CT molecular complexity index is 701. The van der Waals surface area contributed by atoms with Crippen LogP contribution in [0.5, 0.6) is 5.75 Å². The van der Waals surface area contributed by atoms with Gasteiger partial charge in [-0.3, -0.25) is 4.79 Å². The van der Waals surface area contributed by atoms with Crippen LogP contribution >= 0.6 is 11.3 Å². The summed E-state index contributed by atoms with van der Waals surface area (Å²) in [5, 5.41) is 22.6. The van der Waals surface area contributed by atoms with Gasteiger partial charge in [0.15, 0.2) is 5.69 Å². The van der Waals surface area contributed by atoms with Gasteiger partial charge < -0.3 is 15.5 Å². The number of halogens is 1. The number of phenols is 1. The molecular formula is C13H11FN2O4S. The first-order valence-electron chi connectivity index (χ1n) is 5.86. The number of thiazole rings is 1. The lowest BCUT2D eigenvalue weighted by Crippen LogP contribution is -2.26. The van der Waals surface area contributed by atoms with Gasteiger partial charge in [-0.1, -0.05) is 0 Å². The van der Waals surface area contributed by atoms with E-state index in [0.29, 0.717) is 5.01 Å². The summed E-state index contributed by atoms with van der Waals surface area (Å²) in [6.07, 6.45) is 0. The molecular weight excluding hydrogens is 299 g/mol. The van der Waals surface area contributed by atoms with Gasteiger partial charge >= 0.3 is 5.97 Å². The number of phenolic OH excluding ortho intramolecular Hbond substituents is 1. The summed E-state index contributed by atoms with van der Waals surface area (Å²) < 4.78 is 13.1. The van der Waals surface area contributed by atoms with Crippen molar-refractivity contribution in [3.8, 4) is 5.75 Å². The zero-order valence-corrected chi connectivity index (χ0v) is 11.6. The van der Waals surface area contributed by atoms with Gasteiger partial charge in [0.2, 0.25) is 0 Å². The first-order chi connectivity index (χ1) is 9.88. The van der Waals surface area contributed by atoms with Gasteiger partial charge in [-0.05, 0) is 25.1 Å². The number of benzene rings is 1. The van der Waals surface area contributed by atoms with Crippen molar-refractivity contribution >= 4 is 23.2 Å². The van der Waals surface area contributed by atoms with E-state index >= 15 is 0 Å². The molecule has 0 aliphatic heterocycles. The number of nitrogens with one attached hydrogen (secondary N) is 1. The van der Waals surface area contributed by atoms with Crippen LogP contribution in [0.15, 0.2) is 23.6 Å². The molecule has 0 aliphatic rings. The van der Waals surface area contributed by atoms with E-state index < -0.39 is 23.7 Å². The number of hydrogen-bond acceptors (Lipinski definition) is 5. The van der Waals surface area contributed by atoms with E-state index in [-0.39, 0.29) is 17.0 Å². The largest absolute Gasteiger partial charge is 0.507 e. The number of aromatic carboxylic acids is 1. The number of nitrogens with zero attached hydrogens (tertiary/aromatic N) is 1. The van der Waals surface area contributed by atoms with Crippen molar-refractivity contribution in [3.05, 3.63) is 45.7 Å². The van der Waals surface area contributed by atoms with Crippen molar-refractivity contribution in [2.75, 3.05) is 0 Å². The Morgan fingerprint density at radius 3 is 2.76 bits per heavy atom. The number of hydrogen-bond donors (Lipinski definition) is 3. The molecule has 0 bridgehead atoms. The fourth-order valence-electron chi connectivity index (χ4n) is 1.61. The zero-order valence-electron chi connectivity index (χ0n) is 10.8. The maximum absolute atomic E-state index is 13.1. The van der Waals surface area contributed by atoms with Crippen molar-refractivity contribution < 1.29 is 24.2 Å². The van der Waals surface area contributed by atoms with Crippen LogP contribution in [0.2, 0.25) is 0 Å². The van der Waals surface area contributed by atoms with Gasteiger partial charge in [0.05, 0.1) is 11.6 Å². The molecule has 1 aromatic carbocycles. The van der Waals surface area contributed by atoms with E-state index in [1.54, 1.807) is 6.92 Å². The van der Waals surface area contributed by atoms with Crippen molar-refractivity contribution in [3.63, 3.8) is 0 Å². The molecule has 0 radical (unpaired) electrons. The Labute approximate surface area is 122 Å². The number of carbonyl (C=O) groups excluding carboxylic acids is 1. The van der Waals surface area contributed by atoms with Gasteiger partial charge in [0.1, 0.15) is 16.6 Å². The Kier molecular flexibility index (Phi) is 4.18. The van der Waals surface area contributed by atoms with Crippen LogP contribution in [0.1, 0.15) is 38.8 Å². The second-order valence-electron chi connectivity index (χ2n) is 4.23. The second kappa shape index (κ2) is 5.88. The van der Waals surface area contributed by atoms with Gasteiger partial charge in [-0.2, -0.15) is 0 Å². The monoisotopic (exact) mass is 310 g/mol. The number of rotatable bonds is 4. The highest BCUT2D eigenvalue weighted by molar-refractivity contribution is 7.09. The predicted octanol–water partition coefficient (Wildman–Crippen LogP) is 2.18.